The Labute approximate surface area is 130 Å². The summed E-state index contributed by atoms with van der Waals surface area (Å²) in [5.41, 5.74) is -0.161. The van der Waals surface area contributed by atoms with Crippen molar-refractivity contribution in [2.45, 2.75) is 32.5 Å². The summed E-state index contributed by atoms with van der Waals surface area (Å²) in [5, 5.41) is 4.71. The number of carbonyl (C=O) groups excluding carboxylic acids is 1. The number of nitrogens with one attached hydrogen (secondary N) is 1. The Balaban J connectivity index is 2.23. The molecule has 1 amide bonds. The topological polar surface area (TPSA) is 42.0 Å². The number of amides is 1. The lowest BCUT2D eigenvalue weighted by molar-refractivity contribution is -0.137. The van der Waals surface area contributed by atoms with Crippen molar-refractivity contribution in [2.75, 3.05) is 0 Å². The molecule has 0 saturated carbocycles. The second-order valence-electron chi connectivity index (χ2n) is 4.90. The van der Waals surface area contributed by atoms with Gasteiger partial charge in [0.05, 0.1) is 5.56 Å². The second kappa shape index (κ2) is 6.48. The number of aromatic nitrogens is 1. The van der Waals surface area contributed by atoms with Crippen molar-refractivity contribution in [3.8, 4) is 10.6 Å². The van der Waals surface area contributed by atoms with E-state index < -0.39 is 11.7 Å². The van der Waals surface area contributed by atoms with E-state index in [1.54, 1.807) is 11.4 Å². The number of hydrogen-bond donors (Lipinski definition) is 1. The maximum absolute atomic E-state index is 12.7. The molecule has 3 nitrogen and oxygen atoms in total. The van der Waals surface area contributed by atoms with Crippen molar-refractivity contribution >= 4 is 17.2 Å². The second-order valence-corrected chi connectivity index (χ2v) is 5.76. The Morgan fingerprint density at radius 3 is 2.77 bits per heavy atom. The molecule has 22 heavy (non-hydrogen) atoms. The molecule has 0 aliphatic rings. The third-order valence-electron chi connectivity index (χ3n) is 3.16. The fourth-order valence-corrected chi connectivity index (χ4v) is 2.54. The number of alkyl halides is 3. The van der Waals surface area contributed by atoms with Crippen LogP contribution < -0.4 is 5.32 Å². The summed E-state index contributed by atoms with van der Waals surface area (Å²) in [6.07, 6.45) is -3.61. The maximum Gasteiger partial charge on any atom is 0.416 e. The van der Waals surface area contributed by atoms with Crippen LogP contribution in [0.2, 0.25) is 0 Å². The third kappa shape index (κ3) is 3.85. The highest BCUT2D eigenvalue weighted by molar-refractivity contribution is 7.13. The summed E-state index contributed by atoms with van der Waals surface area (Å²) in [4.78, 5) is 16.1. The average Bonchev–Trinajstić information content (AvgIpc) is 2.96. The molecule has 2 rings (SSSR count). The lowest BCUT2D eigenvalue weighted by Gasteiger charge is -2.09. The molecule has 0 aliphatic heterocycles. The molecule has 0 aliphatic carbocycles. The smallest absolute Gasteiger partial charge is 0.348 e. The van der Waals surface area contributed by atoms with E-state index in [-0.39, 0.29) is 17.6 Å². The van der Waals surface area contributed by atoms with Crippen molar-refractivity contribution in [1.29, 1.82) is 0 Å². The summed E-state index contributed by atoms with van der Waals surface area (Å²) in [6, 6.07) is 4.94. The molecule has 1 unspecified atom stereocenters. The van der Waals surface area contributed by atoms with Crippen LogP contribution in [0.1, 0.15) is 36.3 Å². The fourth-order valence-electron chi connectivity index (χ4n) is 1.74. The standard InChI is InChI=1S/C15H15F3N2OS/c1-3-9(2)19-13(21)12-8-22-14(20-12)10-5-4-6-11(7-10)15(16,17)18/h4-9H,3H2,1-2H3,(H,19,21). The van der Waals surface area contributed by atoms with Gasteiger partial charge in [-0.3, -0.25) is 4.79 Å². The van der Waals surface area contributed by atoms with Gasteiger partial charge in [-0.25, -0.2) is 4.98 Å². The van der Waals surface area contributed by atoms with Gasteiger partial charge in [-0.1, -0.05) is 19.1 Å². The molecular formula is C15H15F3N2OS. The quantitative estimate of drug-likeness (QED) is 0.906. The molecule has 1 aromatic carbocycles. The first kappa shape index (κ1) is 16.5. The first-order valence-corrected chi connectivity index (χ1v) is 7.63. The fraction of sp³-hybridized carbons (Fsp3) is 0.333. The minimum Gasteiger partial charge on any atom is -0.348 e. The SMILES string of the molecule is CCC(C)NC(=O)c1csc(-c2cccc(C(F)(F)F)c2)n1. The minimum absolute atomic E-state index is 0.0196. The predicted molar refractivity (Wildman–Crippen MR) is 79.8 cm³/mol. The van der Waals surface area contributed by atoms with Crippen LogP contribution in [0.15, 0.2) is 29.6 Å². The van der Waals surface area contributed by atoms with Gasteiger partial charge >= 0.3 is 6.18 Å². The molecule has 7 heteroatoms. The third-order valence-corrected chi connectivity index (χ3v) is 4.05. The zero-order valence-corrected chi connectivity index (χ0v) is 12.9. The number of benzene rings is 1. The van der Waals surface area contributed by atoms with E-state index in [0.717, 1.165) is 29.9 Å². The van der Waals surface area contributed by atoms with Crippen molar-refractivity contribution < 1.29 is 18.0 Å². The molecular weight excluding hydrogens is 313 g/mol. The number of carbonyl (C=O) groups is 1. The van der Waals surface area contributed by atoms with E-state index in [4.69, 9.17) is 0 Å². The Bertz CT molecular complexity index is 667. The van der Waals surface area contributed by atoms with Crippen molar-refractivity contribution in [1.82, 2.24) is 10.3 Å². The summed E-state index contributed by atoms with van der Waals surface area (Å²) >= 11 is 1.15. The monoisotopic (exact) mass is 328 g/mol. The van der Waals surface area contributed by atoms with Crippen LogP contribution in [0.3, 0.4) is 0 Å². The largest absolute Gasteiger partial charge is 0.416 e. The number of halogens is 3. The first-order chi connectivity index (χ1) is 10.3. The van der Waals surface area contributed by atoms with Crippen molar-refractivity contribution in [2.24, 2.45) is 0 Å². The van der Waals surface area contributed by atoms with E-state index in [2.05, 4.69) is 10.3 Å². The van der Waals surface area contributed by atoms with E-state index in [1.807, 2.05) is 13.8 Å². The van der Waals surface area contributed by atoms with Gasteiger partial charge in [-0.05, 0) is 25.5 Å². The van der Waals surface area contributed by atoms with Crippen LogP contribution in [0.5, 0.6) is 0 Å². The highest BCUT2D eigenvalue weighted by atomic mass is 32.1. The Kier molecular flexibility index (Phi) is 4.85. The molecule has 118 valence electrons. The summed E-state index contributed by atoms with van der Waals surface area (Å²) in [7, 11) is 0. The van der Waals surface area contributed by atoms with Gasteiger partial charge in [0.1, 0.15) is 10.7 Å². The van der Waals surface area contributed by atoms with Gasteiger partial charge < -0.3 is 5.32 Å². The molecule has 0 bridgehead atoms. The van der Waals surface area contributed by atoms with Crippen LogP contribution in [0.4, 0.5) is 13.2 Å². The number of rotatable bonds is 4. The van der Waals surface area contributed by atoms with Crippen LogP contribution >= 0.6 is 11.3 Å². The van der Waals surface area contributed by atoms with Crippen LogP contribution in [0, 0.1) is 0 Å². The zero-order valence-electron chi connectivity index (χ0n) is 12.1. The zero-order chi connectivity index (χ0) is 16.3. The molecule has 1 N–H and O–H groups in total. The molecule has 0 radical (unpaired) electrons. The summed E-state index contributed by atoms with van der Waals surface area (Å²) in [6.45, 7) is 3.82. The number of thiazole rings is 1. The van der Waals surface area contributed by atoms with Crippen molar-refractivity contribution in [3.63, 3.8) is 0 Å². The maximum atomic E-state index is 12.7. The lowest BCUT2D eigenvalue weighted by Crippen LogP contribution is -2.32. The molecule has 2 aromatic rings. The highest BCUT2D eigenvalue weighted by Crippen LogP contribution is 2.33. The van der Waals surface area contributed by atoms with Crippen LogP contribution in [-0.2, 0) is 6.18 Å². The molecule has 0 spiro atoms. The molecule has 1 aromatic heterocycles. The van der Waals surface area contributed by atoms with Crippen LogP contribution in [0.25, 0.3) is 10.6 Å². The Morgan fingerprint density at radius 2 is 2.14 bits per heavy atom. The van der Waals surface area contributed by atoms with Gasteiger partial charge in [-0.15, -0.1) is 11.3 Å². The van der Waals surface area contributed by atoms with Gasteiger partial charge in [-0.2, -0.15) is 13.2 Å². The Morgan fingerprint density at radius 1 is 1.41 bits per heavy atom. The predicted octanol–water partition coefficient (Wildman–Crippen LogP) is 4.36. The van der Waals surface area contributed by atoms with Crippen LogP contribution in [-0.4, -0.2) is 16.9 Å². The average molecular weight is 328 g/mol. The number of hydrogen-bond acceptors (Lipinski definition) is 3. The molecule has 0 fully saturated rings. The Hall–Kier alpha value is -1.89. The lowest BCUT2D eigenvalue weighted by atomic mass is 10.1. The van der Waals surface area contributed by atoms with Gasteiger partial charge in [0, 0.05) is 17.0 Å². The van der Waals surface area contributed by atoms with E-state index in [1.165, 1.54) is 6.07 Å². The summed E-state index contributed by atoms with van der Waals surface area (Å²) in [5.74, 6) is -0.316. The van der Waals surface area contributed by atoms with Gasteiger partial charge in [0.2, 0.25) is 0 Å². The van der Waals surface area contributed by atoms with E-state index in [9.17, 15) is 18.0 Å². The normalized spacial score (nSPS) is 13.0. The molecule has 1 atom stereocenters. The molecule has 0 saturated heterocycles. The summed E-state index contributed by atoms with van der Waals surface area (Å²) < 4.78 is 38.2. The first-order valence-electron chi connectivity index (χ1n) is 6.75. The molecule has 1 heterocycles. The van der Waals surface area contributed by atoms with E-state index >= 15 is 0 Å². The van der Waals surface area contributed by atoms with Gasteiger partial charge in [0.15, 0.2) is 0 Å². The number of nitrogens with zero attached hydrogens (tertiary/aromatic N) is 1. The van der Waals surface area contributed by atoms with Crippen molar-refractivity contribution in [3.05, 3.63) is 40.9 Å². The van der Waals surface area contributed by atoms with Gasteiger partial charge in [0.25, 0.3) is 5.91 Å². The van der Waals surface area contributed by atoms with E-state index in [0.29, 0.717) is 10.6 Å². The highest BCUT2D eigenvalue weighted by Gasteiger charge is 2.30. The minimum atomic E-state index is -4.40.